The Morgan fingerprint density at radius 2 is 1.48 bits per heavy atom. The standard InChI is InChI=1S/C40H53N7O5S2.C3H6O3/c1-29(2)38-43-34(27-53-38)25-46(3)39(49)45-36(16-17-47-18-20-51-21-19-47)37(48)42-32(22-30-10-6-4-7-11-30)14-15-33(23-31-12-8-5-9-13-31)44-40(50)52-26-35-24-41-28-54-35;1-2(4)3(5)6/h4-13,24,27-29,32-33,36H,14-23,25-26H2,1-3H3,(H,42,48)(H,44,50)(H,45,49);2,4H,1H3,(H,5,6). The number of benzene rings is 2. The summed E-state index contributed by atoms with van der Waals surface area (Å²) in [5.74, 6) is -1.11. The van der Waals surface area contributed by atoms with Crippen LogP contribution in [0.25, 0.3) is 0 Å². The molecular weight excluding hydrogens is 807 g/mol. The minimum atomic E-state index is -1.23. The number of aliphatic hydroxyl groups excluding tert-OH is 1. The number of hydrogen-bond donors (Lipinski definition) is 5. The van der Waals surface area contributed by atoms with Gasteiger partial charge in [-0.25, -0.2) is 19.4 Å². The number of aromatic nitrogens is 2. The average molecular weight is 866 g/mol. The van der Waals surface area contributed by atoms with Crippen molar-refractivity contribution in [3.63, 3.8) is 0 Å². The molecule has 3 heterocycles. The van der Waals surface area contributed by atoms with Crippen LogP contribution in [-0.4, -0.2) is 118 Å². The molecule has 0 spiro atoms. The van der Waals surface area contributed by atoms with Gasteiger partial charge in [-0.3, -0.25) is 14.7 Å². The number of nitrogens with one attached hydrogen (secondary N) is 3. The molecule has 4 amide bonds. The lowest BCUT2D eigenvalue weighted by molar-refractivity contribution is -0.145. The van der Waals surface area contributed by atoms with Crippen LogP contribution in [-0.2, 0) is 45.1 Å². The summed E-state index contributed by atoms with van der Waals surface area (Å²) in [5, 5.41) is 28.2. The summed E-state index contributed by atoms with van der Waals surface area (Å²) in [4.78, 5) is 63.7. The van der Waals surface area contributed by atoms with Gasteiger partial charge in [0.2, 0.25) is 5.91 Å². The monoisotopic (exact) mass is 865 g/mol. The number of carbonyl (C=O) groups is 4. The molecule has 0 radical (unpaired) electrons. The summed E-state index contributed by atoms with van der Waals surface area (Å²) in [5.41, 5.74) is 4.70. The van der Waals surface area contributed by atoms with Crippen molar-refractivity contribution in [1.29, 1.82) is 0 Å². The van der Waals surface area contributed by atoms with Gasteiger partial charge in [0.05, 0.1) is 40.8 Å². The van der Waals surface area contributed by atoms with Gasteiger partial charge in [-0.1, -0.05) is 74.5 Å². The quantitative estimate of drug-likeness (QED) is 0.0758. The normalized spacial score (nSPS) is 14.8. The van der Waals surface area contributed by atoms with Gasteiger partial charge in [-0.05, 0) is 50.2 Å². The Bertz CT molecular complexity index is 1860. The number of rotatable bonds is 20. The topological polar surface area (TPSA) is 196 Å². The molecule has 0 saturated carbocycles. The molecule has 1 fully saturated rings. The van der Waals surface area contributed by atoms with E-state index in [1.165, 1.54) is 18.3 Å². The molecule has 0 aliphatic carbocycles. The van der Waals surface area contributed by atoms with Crippen LogP contribution in [0.15, 0.2) is 77.8 Å². The molecule has 2 aromatic carbocycles. The minimum absolute atomic E-state index is 0.150. The molecule has 4 atom stereocenters. The Morgan fingerprint density at radius 1 is 0.883 bits per heavy atom. The fourth-order valence-electron chi connectivity index (χ4n) is 6.25. The second-order valence-corrected chi connectivity index (χ2v) is 16.9. The Labute approximate surface area is 360 Å². The predicted molar refractivity (Wildman–Crippen MR) is 232 cm³/mol. The van der Waals surface area contributed by atoms with Crippen LogP contribution in [0, 0.1) is 0 Å². The molecule has 15 nitrogen and oxygen atoms in total. The number of morpholine rings is 1. The van der Waals surface area contributed by atoms with E-state index in [-0.39, 0.29) is 30.6 Å². The molecule has 0 bridgehead atoms. The first-order valence-electron chi connectivity index (χ1n) is 20.2. The van der Waals surface area contributed by atoms with E-state index in [0.717, 1.165) is 39.8 Å². The van der Waals surface area contributed by atoms with Gasteiger partial charge in [-0.2, -0.15) is 0 Å². The lowest BCUT2D eigenvalue weighted by Gasteiger charge is -2.30. The van der Waals surface area contributed by atoms with Crippen LogP contribution >= 0.6 is 22.7 Å². The van der Waals surface area contributed by atoms with E-state index in [0.29, 0.717) is 64.3 Å². The molecule has 1 aliphatic heterocycles. The highest BCUT2D eigenvalue weighted by Gasteiger charge is 2.27. The first kappa shape index (κ1) is 47.7. The smallest absolute Gasteiger partial charge is 0.407 e. The van der Waals surface area contributed by atoms with Crippen LogP contribution in [0.1, 0.15) is 72.7 Å². The summed E-state index contributed by atoms with van der Waals surface area (Å²) in [6.07, 6.45) is 2.76. The van der Waals surface area contributed by atoms with E-state index < -0.39 is 24.2 Å². The van der Waals surface area contributed by atoms with Gasteiger partial charge >= 0.3 is 18.1 Å². The van der Waals surface area contributed by atoms with E-state index in [1.807, 2.05) is 66.0 Å². The van der Waals surface area contributed by atoms with E-state index in [2.05, 4.69) is 44.7 Å². The fraction of sp³-hybridized carbons (Fsp3) is 0.488. The molecule has 4 aromatic rings. The third-order valence-corrected chi connectivity index (χ3v) is 11.6. The molecule has 60 heavy (non-hydrogen) atoms. The number of aliphatic hydroxyl groups is 1. The number of carboxylic acids is 1. The second-order valence-electron chi connectivity index (χ2n) is 15.0. The number of alkyl carbamates (subject to hydrolysis) is 1. The first-order valence-corrected chi connectivity index (χ1v) is 22.0. The van der Waals surface area contributed by atoms with Gasteiger partial charge in [0.1, 0.15) is 18.8 Å². The predicted octanol–water partition coefficient (Wildman–Crippen LogP) is 5.45. The Kier molecular flexibility index (Phi) is 20.4. The number of nitrogens with zero attached hydrogens (tertiary/aromatic N) is 4. The van der Waals surface area contributed by atoms with Gasteiger partial charge in [0.25, 0.3) is 0 Å². The number of carboxylic acid groups (broad SMARTS) is 1. The molecule has 5 N–H and O–H groups in total. The largest absolute Gasteiger partial charge is 0.479 e. The van der Waals surface area contributed by atoms with Crippen molar-refractivity contribution in [2.75, 3.05) is 39.9 Å². The van der Waals surface area contributed by atoms with Crippen LogP contribution in [0.5, 0.6) is 0 Å². The summed E-state index contributed by atoms with van der Waals surface area (Å²) in [7, 11) is 1.72. The molecule has 1 saturated heterocycles. The highest BCUT2D eigenvalue weighted by Crippen LogP contribution is 2.20. The average Bonchev–Trinajstić information content (AvgIpc) is 3.95. The number of amides is 4. The SMILES string of the molecule is CC(C)c1nc(CN(C)C(=O)NC(CCN2CCOCC2)C(=O)NC(CCC(Cc2ccccc2)NC(=O)OCc2cncs2)Cc2ccccc2)cs1.CC(O)C(=O)O. The molecule has 1 aliphatic rings. The zero-order chi connectivity index (χ0) is 43.3. The maximum absolute atomic E-state index is 14.2. The van der Waals surface area contributed by atoms with Crippen LogP contribution in [0.2, 0.25) is 0 Å². The molecule has 2 aromatic heterocycles. The summed E-state index contributed by atoms with van der Waals surface area (Å²) < 4.78 is 11.1. The summed E-state index contributed by atoms with van der Waals surface area (Å²) in [6, 6.07) is 18.4. The van der Waals surface area contributed by atoms with Crippen molar-refractivity contribution in [3.8, 4) is 0 Å². The zero-order valence-electron chi connectivity index (χ0n) is 34.8. The van der Waals surface area contributed by atoms with E-state index in [9.17, 15) is 19.2 Å². The number of thiazole rings is 2. The van der Waals surface area contributed by atoms with E-state index in [1.54, 1.807) is 35.0 Å². The lowest BCUT2D eigenvalue weighted by atomic mass is 9.95. The van der Waals surface area contributed by atoms with Gasteiger partial charge < -0.3 is 40.5 Å². The lowest BCUT2D eigenvalue weighted by Crippen LogP contribution is -2.54. The van der Waals surface area contributed by atoms with Crippen LogP contribution in [0.4, 0.5) is 9.59 Å². The maximum Gasteiger partial charge on any atom is 0.407 e. The van der Waals surface area contributed by atoms with Crippen molar-refractivity contribution in [3.05, 3.63) is 104 Å². The third-order valence-electron chi connectivity index (χ3n) is 9.63. The number of carbonyl (C=O) groups excluding carboxylic acids is 3. The fourth-order valence-corrected chi connectivity index (χ4v) is 7.58. The van der Waals surface area contributed by atoms with Gasteiger partial charge in [-0.15, -0.1) is 22.7 Å². The van der Waals surface area contributed by atoms with Crippen LogP contribution < -0.4 is 16.0 Å². The molecule has 326 valence electrons. The Balaban J connectivity index is 0.00000123. The summed E-state index contributed by atoms with van der Waals surface area (Å²) >= 11 is 3.02. The Morgan fingerprint density at radius 3 is 2.02 bits per heavy atom. The number of hydrogen-bond acceptors (Lipinski definition) is 12. The second kappa shape index (κ2) is 25.6. The van der Waals surface area contributed by atoms with Crippen molar-refractivity contribution >= 4 is 46.7 Å². The van der Waals surface area contributed by atoms with E-state index in [4.69, 9.17) is 19.7 Å². The van der Waals surface area contributed by atoms with Crippen molar-refractivity contribution in [2.24, 2.45) is 0 Å². The van der Waals surface area contributed by atoms with Crippen molar-refractivity contribution < 1.29 is 38.9 Å². The highest BCUT2D eigenvalue weighted by molar-refractivity contribution is 7.09. The van der Waals surface area contributed by atoms with Gasteiger partial charge in [0.15, 0.2) is 0 Å². The van der Waals surface area contributed by atoms with Crippen molar-refractivity contribution in [2.45, 2.75) is 96.2 Å². The van der Waals surface area contributed by atoms with Crippen molar-refractivity contribution in [1.82, 2.24) is 35.7 Å². The minimum Gasteiger partial charge on any atom is -0.479 e. The van der Waals surface area contributed by atoms with Crippen LogP contribution in [0.3, 0.4) is 0 Å². The van der Waals surface area contributed by atoms with E-state index >= 15 is 0 Å². The first-order chi connectivity index (χ1) is 28.9. The number of ether oxygens (including phenoxy) is 2. The molecule has 5 rings (SSSR count). The Hall–Kier alpha value is -4.94. The summed E-state index contributed by atoms with van der Waals surface area (Å²) in [6.45, 7) is 9.38. The molecular formula is C43H59N7O8S2. The highest BCUT2D eigenvalue weighted by atomic mass is 32.1. The van der Waals surface area contributed by atoms with Gasteiger partial charge in [0, 0.05) is 56.3 Å². The molecule has 4 unspecified atom stereocenters. The maximum atomic E-state index is 14.2. The molecule has 17 heteroatoms. The zero-order valence-corrected chi connectivity index (χ0v) is 36.5. The third kappa shape index (κ3) is 17.7. The number of aliphatic carboxylic acids is 1. The number of urea groups is 1.